The van der Waals surface area contributed by atoms with Crippen molar-refractivity contribution < 1.29 is 4.74 Å². The Morgan fingerprint density at radius 1 is 1.31 bits per heavy atom. The van der Waals surface area contributed by atoms with Gasteiger partial charge >= 0.3 is 0 Å². The molecule has 2 rings (SSSR count). The van der Waals surface area contributed by atoms with Crippen molar-refractivity contribution in [3.8, 4) is 0 Å². The molecule has 0 spiro atoms. The van der Waals surface area contributed by atoms with Gasteiger partial charge in [-0.1, -0.05) is 6.92 Å². The maximum absolute atomic E-state index is 5.78. The van der Waals surface area contributed by atoms with Gasteiger partial charge in [-0.3, -0.25) is 4.90 Å². The van der Waals surface area contributed by atoms with Crippen LogP contribution in [0.1, 0.15) is 33.6 Å². The van der Waals surface area contributed by atoms with Crippen LogP contribution in [-0.4, -0.2) is 49.8 Å². The molecule has 2 aliphatic rings. The van der Waals surface area contributed by atoms with Gasteiger partial charge < -0.3 is 10.1 Å². The Hall–Kier alpha value is -0.120. The first-order valence-corrected chi connectivity index (χ1v) is 6.66. The number of piperidine rings is 1. The minimum absolute atomic E-state index is 0.392. The molecule has 0 aliphatic carbocycles. The predicted octanol–water partition coefficient (Wildman–Crippen LogP) is 1.49. The summed E-state index contributed by atoms with van der Waals surface area (Å²) in [6, 6.07) is 0. The van der Waals surface area contributed by atoms with Crippen LogP contribution in [-0.2, 0) is 4.74 Å². The SMILES string of the molecule is C[C@@H]1CN(CC2(C)CCCNC2)C[C@H](C)O1. The summed E-state index contributed by atoms with van der Waals surface area (Å²) in [5.41, 5.74) is 0.467. The van der Waals surface area contributed by atoms with Crippen LogP contribution in [0.15, 0.2) is 0 Å². The summed E-state index contributed by atoms with van der Waals surface area (Å²) in [6.07, 6.45) is 3.47. The van der Waals surface area contributed by atoms with Crippen molar-refractivity contribution in [2.24, 2.45) is 5.41 Å². The Morgan fingerprint density at radius 3 is 2.56 bits per heavy atom. The first-order chi connectivity index (χ1) is 7.57. The number of nitrogens with one attached hydrogen (secondary N) is 1. The van der Waals surface area contributed by atoms with Crippen LogP contribution in [0.25, 0.3) is 0 Å². The lowest BCUT2D eigenvalue weighted by Crippen LogP contribution is -2.52. The third kappa shape index (κ3) is 3.19. The van der Waals surface area contributed by atoms with Gasteiger partial charge in [0.05, 0.1) is 12.2 Å². The van der Waals surface area contributed by atoms with E-state index in [1.165, 1.54) is 32.5 Å². The molecular formula is C13H26N2O. The Labute approximate surface area is 99.5 Å². The first kappa shape index (κ1) is 12.3. The van der Waals surface area contributed by atoms with E-state index in [0.29, 0.717) is 17.6 Å². The number of nitrogens with zero attached hydrogens (tertiary/aromatic N) is 1. The topological polar surface area (TPSA) is 24.5 Å². The van der Waals surface area contributed by atoms with Crippen molar-refractivity contribution in [1.29, 1.82) is 0 Å². The number of hydrogen-bond acceptors (Lipinski definition) is 3. The molecule has 3 nitrogen and oxygen atoms in total. The lowest BCUT2D eigenvalue weighted by molar-refractivity contribution is -0.0779. The van der Waals surface area contributed by atoms with Crippen LogP contribution < -0.4 is 5.32 Å². The minimum atomic E-state index is 0.392. The molecule has 16 heavy (non-hydrogen) atoms. The van der Waals surface area contributed by atoms with E-state index in [9.17, 15) is 0 Å². The molecule has 2 heterocycles. The van der Waals surface area contributed by atoms with Crippen molar-refractivity contribution in [2.45, 2.75) is 45.8 Å². The largest absolute Gasteiger partial charge is 0.373 e. The first-order valence-electron chi connectivity index (χ1n) is 6.66. The molecule has 2 fully saturated rings. The lowest BCUT2D eigenvalue weighted by atomic mass is 9.82. The van der Waals surface area contributed by atoms with E-state index in [0.717, 1.165) is 13.1 Å². The second kappa shape index (κ2) is 5.03. The number of hydrogen-bond donors (Lipinski definition) is 1. The Morgan fingerprint density at radius 2 is 2.00 bits per heavy atom. The van der Waals surface area contributed by atoms with Crippen LogP contribution in [0.3, 0.4) is 0 Å². The van der Waals surface area contributed by atoms with Crippen molar-refractivity contribution in [2.75, 3.05) is 32.7 Å². The van der Waals surface area contributed by atoms with Gasteiger partial charge in [-0.25, -0.2) is 0 Å². The van der Waals surface area contributed by atoms with Crippen molar-refractivity contribution in [1.82, 2.24) is 10.2 Å². The van der Waals surface area contributed by atoms with Crippen molar-refractivity contribution in [3.63, 3.8) is 0 Å². The van der Waals surface area contributed by atoms with Crippen LogP contribution in [0, 0.1) is 5.41 Å². The Balaban J connectivity index is 1.87. The molecule has 1 unspecified atom stereocenters. The molecule has 94 valence electrons. The van der Waals surface area contributed by atoms with Gasteiger partial charge in [0.15, 0.2) is 0 Å². The van der Waals surface area contributed by atoms with Crippen LogP contribution in [0.4, 0.5) is 0 Å². The number of morpholine rings is 1. The molecule has 1 N–H and O–H groups in total. The van der Waals surface area contributed by atoms with Gasteiger partial charge in [-0.2, -0.15) is 0 Å². The van der Waals surface area contributed by atoms with E-state index in [1.807, 2.05) is 0 Å². The molecule has 0 bridgehead atoms. The summed E-state index contributed by atoms with van der Waals surface area (Å²) in [7, 11) is 0. The quantitative estimate of drug-likeness (QED) is 0.772. The lowest BCUT2D eigenvalue weighted by Gasteiger charge is -2.42. The molecule has 3 heteroatoms. The summed E-state index contributed by atoms with van der Waals surface area (Å²) in [5, 5.41) is 3.53. The highest BCUT2D eigenvalue weighted by molar-refractivity contribution is 4.86. The van der Waals surface area contributed by atoms with E-state index in [-0.39, 0.29) is 0 Å². The molecule has 0 aromatic carbocycles. The average molecular weight is 226 g/mol. The molecular weight excluding hydrogens is 200 g/mol. The van der Waals surface area contributed by atoms with E-state index >= 15 is 0 Å². The van der Waals surface area contributed by atoms with Gasteiger partial charge in [0.2, 0.25) is 0 Å². The Kier molecular flexibility index (Phi) is 3.88. The molecule has 0 radical (unpaired) electrons. The third-order valence-corrected chi connectivity index (χ3v) is 3.79. The Bertz CT molecular complexity index is 216. The normalized spacial score (nSPS) is 42.2. The molecule has 0 aromatic rings. The second-order valence-corrected chi connectivity index (χ2v) is 6.04. The van der Waals surface area contributed by atoms with Gasteiger partial charge in [0, 0.05) is 26.2 Å². The summed E-state index contributed by atoms with van der Waals surface area (Å²) < 4.78 is 5.78. The molecule has 0 aromatic heterocycles. The van der Waals surface area contributed by atoms with Gasteiger partial charge in [-0.15, -0.1) is 0 Å². The molecule has 2 aliphatic heterocycles. The van der Waals surface area contributed by atoms with Crippen LogP contribution in [0.5, 0.6) is 0 Å². The third-order valence-electron chi connectivity index (χ3n) is 3.79. The zero-order chi connectivity index (χ0) is 11.6. The standard InChI is InChI=1S/C13H26N2O/c1-11-7-15(8-12(2)16-11)10-13(3)5-4-6-14-9-13/h11-12,14H,4-10H2,1-3H3/t11-,12+,13?. The highest BCUT2D eigenvalue weighted by atomic mass is 16.5. The average Bonchev–Trinajstić information content (AvgIpc) is 2.15. The van der Waals surface area contributed by atoms with E-state index in [2.05, 4.69) is 31.0 Å². The van der Waals surface area contributed by atoms with Gasteiger partial charge in [0.1, 0.15) is 0 Å². The fourth-order valence-electron chi connectivity index (χ4n) is 3.21. The molecule has 0 amide bonds. The predicted molar refractivity (Wildman–Crippen MR) is 66.7 cm³/mol. The summed E-state index contributed by atoms with van der Waals surface area (Å²) in [4.78, 5) is 2.59. The van der Waals surface area contributed by atoms with E-state index in [1.54, 1.807) is 0 Å². The number of ether oxygens (including phenoxy) is 1. The maximum atomic E-state index is 5.78. The van der Waals surface area contributed by atoms with Crippen LogP contribution >= 0.6 is 0 Å². The smallest absolute Gasteiger partial charge is 0.0678 e. The summed E-state index contributed by atoms with van der Waals surface area (Å²) in [5.74, 6) is 0. The van der Waals surface area contributed by atoms with Crippen molar-refractivity contribution in [3.05, 3.63) is 0 Å². The minimum Gasteiger partial charge on any atom is -0.373 e. The monoisotopic (exact) mass is 226 g/mol. The fraction of sp³-hybridized carbons (Fsp3) is 1.00. The fourth-order valence-corrected chi connectivity index (χ4v) is 3.21. The van der Waals surface area contributed by atoms with Crippen molar-refractivity contribution >= 4 is 0 Å². The van der Waals surface area contributed by atoms with E-state index < -0.39 is 0 Å². The van der Waals surface area contributed by atoms with Gasteiger partial charge in [0.25, 0.3) is 0 Å². The second-order valence-electron chi connectivity index (χ2n) is 6.04. The van der Waals surface area contributed by atoms with Crippen LogP contribution in [0.2, 0.25) is 0 Å². The van der Waals surface area contributed by atoms with Gasteiger partial charge in [-0.05, 0) is 38.6 Å². The zero-order valence-corrected chi connectivity index (χ0v) is 11.0. The van der Waals surface area contributed by atoms with E-state index in [4.69, 9.17) is 4.74 Å². The highest BCUT2D eigenvalue weighted by Gasteiger charge is 2.32. The maximum Gasteiger partial charge on any atom is 0.0678 e. The number of rotatable bonds is 2. The molecule has 3 atom stereocenters. The molecule has 2 saturated heterocycles. The summed E-state index contributed by atoms with van der Waals surface area (Å²) >= 11 is 0. The molecule has 0 saturated carbocycles. The zero-order valence-electron chi connectivity index (χ0n) is 11.0. The highest BCUT2D eigenvalue weighted by Crippen LogP contribution is 2.27. The summed E-state index contributed by atoms with van der Waals surface area (Å²) in [6.45, 7) is 12.6.